The van der Waals surface area contributed by atoms with Gasteiger partial charge in [0.05, 0.1) is 7.11 Å². The molecule has 0 amide bonds. The summed E-state index contributed by atoms with van der Waals surface area (Å²) in [5, 5.41) is 1.13. The Balaban J connectivity index is 1.95. The van der Waals surface area contributed by atoms with Gasteiger partial charge in [-0.05, 0) is 36.0 Å². The molecule has 1 nitrogen and oxygen atoms in total. The number of ether oxygens (including phenoxy) is 1. The maximum absolute atomic E-state index is 5.21. The van der Waals surface area contributed by atoms with Gasteiger partial charge in [0.1, 0.15) is 5.75 Å². The molecule has 0 bridgehead atoms. The van der Waals surface area contributed by atoms with Crippen LogP contribution in [0.4, 0.5) is 0 Å². The number of hydrogen-bond donors (Lipinski definition) is 0. The molecule has 1 aromatic carbocycles. The van der Waals surface area contributed by atoms with Crippen LogP contribution in [0.1, 0.15) is 37.7 Å². The molecular formula is C16H23BrO. The molecule has 1 aliphatic rings. The SMILES string of the molecule is COc1ccc(CC(CBr)C2CCCCC2)cc1. The van der Waals surface area contributed by atoms with E-state index in [2.05, 4.69) is 40.2 Å². The predicted octanol–water partition coefficient (Wildman–Crippen LogP) is 4.83. The summed E-state index contributed by atoms with van der Waals surface area (Å²) in [5.74, 6) is 2.66. The smallest absolute Gasteiger partial charge is 0.118 e. The van der Waals surface area contributed by atoms with Gasteiger partial charge in [-0.2, -0.15) is 0 Å². The van der Waals surface area contributed by atoms with Gasteiger partial charge in [-0.1, -0.05) is 60.2 Å². The molecular weight excluding hydrogens is 288 g/mol. The zero-order valence-electron chi connectivity index (χ0n) is 11.2. The fraction of sp³-hybridized carbons (Fsp3) is 0.625. The number of alkyl halides is 1. The molecule has 1 aliphatic carbocycles. The van der Waals surface area contributed by atoms with Crippen LogP contribution in [0.25, 0.3) is 0 Å². The van der Waals surface area contributed by atoms with E-state index in [4.69, 9.17) is 4.74 Å². The molecule has 1 saturated carbocycles. The number of hydrogen-bond acceptors (Lipinski definition) is 1. The number of methoxy groups -OCH3 is 1. The summed E-state index contributed by atoms with van der Waals surface area (Å²) in [6.45, 7) is 0. The van der Waals surface area contributed by atoms with Crippen molar-refractivity contribution in [3.8, 4) is 5.75 Å². The number of halogens is 1. The lowest BCUT2D eigenvalue weighted by atomic mass is 9.78. The molecule has 2 rings (SSSR count). The van der Waals surface area contributed by atoms with E-state index in [1.165, 1.54) is 44.1 Å². The Morgan fingerprint density at radius 1 is 1.17 bits per heavy atom. The van der Waals surface area contributed by atoms with E-state index in [9.17, 15) is 0 Å². The number of benzene rings is 1. The van der Waals surface area contributed by atoms with Crippen molar-refractivity contribution in [1.29, 1.82) is 0 Å². The third kappa shape index (κ3) is 3.74. The zero-order valence-corrected chi connectivity index (χ0v) is 12.8. The molecule has 1 fully saturated rings. The Hall–Kier alpha value is -0.500. The van der Waals surface area contributed by atoms with Gasteiger partial charge in [-0.25, -0.2) is 0 Å². The minimum atomic E-state index is 0.790. The maximum atomic E-state index is 5.21. The van der Waals surface area contributed by atoms with E-state index in [-0.39, 0.29) is 0 Å². The van der Waals surface area contributed by atoms with Gasteiger partial charge < -0.3 is 4.74 Å². The average Bonchev–Trinajstić information content (AvgIpc) is 2.46. The minimum absolute atomic E-state index is 0.790. The Labute approximate surface area is 119 Å². The van der Waals surface area contributed by atoms with Crippen LogP contribution >= 0.6 is 15.9 Å². The number of rotatable bonds is 5. The van der Waals surface area contributed by atoms with Crippen LogP contribution in [0.5, 0.6) is 5.75 Å². The van der Waals surface area contributed by atoms with Crippen LogP contribution in [0, 0.1) is 11.8 Å². The molecule has 0 spiro atoms. The van der Waals surface area contributed by atoms with Gasteiger partial charge in [0.2, 0.25) is 0 Å². The fourth-order valence-electron chi connectivity index (χ4n) is 3.02. The van der Waals surface area contributed by atoms with Crippen LogP contribution in [-0.4, -0.2) is 12.4 Å². The first-order valence-corrected chi connectivity index (χ1v) is 8.14. The van der Waals surface area contributed by atoms with Gasteiger partial charge in [-0.3, -0.25) is 0 Å². The quantitative estimate of drug-likeness (QED) is 0.708. The van der Waals surface area contributed by atoms with Crippen LogP contribution in [0.3, 0.4) is 0 Å². The zero-order chi connectivity index (χ0) is 12.8. The standard InChI is InChI=1S/C16H23BrO/c1-18-16-9-7-13(8-10-16)11-15(12-17)14-5-3-2-4-6-14/h7-10,14-15H,2-6,11-12H2,1H3. The Morgan fingerprint density at radius 3 is 2.39 bits per heavy atom. The molecule has 1 atom stereocenters. The molecule has 0 heterocycles. The van der Waals surface area contributed by atoms with Crippen LogP contribution in [0.2, 0.25) is 0 Å². The van der Waals surface area contributed by atoms with Crippen molar-refractivity contribution >= 4 is 15.9 Å². The first-order valence-electron chi connectivity index (χ1n) is 7.02. The lowest BCUT2D eigenvalue weighted by Crippen LogP contribution is -2.21. The van der Waals surface area contributed by atoms with Gasteiger partial charge in [0.25, 0.3) is 0 Å². The van der Waals surface area contributed by atoms with E-state index in [0.717, 1.165) is 22.9 Å². The van der Waals surface area contributed by atoms with E-state index >= 15 is 0 Å². The van der Waals surface area contributed by atoms with E-state index < -0.39 is 0 Å². The van der Waals surface area contributed by atoms with Crippen molar-refractivity contribution in [3.05, 3.63) is 29.8 Å². The van der Waals surface area contributed by atoms with Crippen molar-refractivity contribution in [3.63, 3.8) is 0 Å². The summed E-state index contributed by atoms with van der Waals surface area (Å²) < 4.78 is 5.21. The van der Waals surface area contributed by atoms with Crippen molar-refractivity contribution in [2.24, 2.45) is 11.8 Å². The third-order valence-electron chi connectivity index (χ3n) is 4.17. The molecule has 0 radical (unpaired) electrons. The highest BCUT2D eigenvalue weighted by Crippen LogP contribution is 2.33. The second-order valence-corrected chi connectivity index (χ2v) is 6.01. The molecule has 1 unspecified atom stereocenters. The molecule has 18 heavy (non-hydrogen) atoms. The first kappa shape index (κ1) is 13.9. The lowest BCUT2D eigenvalue weighted by molar-refractivity contribution is 0.267. The van der Waals surface area contributed by atoms with Crippen molar-refractivity contribution in [2.75, 3.05) is 12.4 Å². The third-order valence-corrected chi connectivity index (χ3v) is 5.00. The van der Waals surface area contributed by atoms with Crippen LogP contribution < -0.4 is 4.74 Å². The first-order chi connectivity index (χ1) is 8.83. The van der Waals surface area contributed by atoms with Crippen LogP contribution in [-0.2, 0) is 6.42 Å². The molecule has 1 aromatic rings. The monoisotopic (exact) mass is 310 g/mol. The Morgan fingerprint density at radius 2 is 1.83 bits per heavy atom. The largest absolute Gasteiger partial charge is 0.497 e. The molecule has 0 aliphatic heterocycles. The molecule has 0 saturated heterocycles. The summed E-state index contributed by atoms with van der Waals surface area (Å²) >= 11 is 3.71. The molecule has 0 N–H and O–H groups in total. The highest BCUT2D eigenvalue weighted by atomic mass is 79.9. The van der Waals surface area contributed by atoms with Gasteiger partial charge in [0.15, 0.2) is 0 Å². The Bertz CT molecular complexity index is 341. The summed E-state index contributed by atoms with van der Waals surface area (Å²) in [5.41, 5.74) is 1.44. The molecule has 100 valence electrons. The van der Waals surface area contributed by atoms with Gasteiger partial charge in [0, 0.05) is 5.33 Å². The Kier molecular flexibility index (Phi) is 5.55. The van der Waals surface area contributed by atoms with E-state index in [1.807, 2.05) is 0 Å². The van der Waals surface area contributed by atoms with Gasteiger partial charge in [-0.15, -0.1) is 0 Å². The van der Waals surface area contributed by atoms with E-state index in [1.54, 1.807) is 7.11 Å². The van der Waals surface area contributed by atoms with Crippen molar-refractivity contribution < 1.29 is 4.74 Å². The lowest BCUT2D eigenvalue weighted by Gasteiger charge is -2.29. The second kappa shape index (κ2) is 7.18. The predicted molar refractivity (Wildman–Crippen MR) is 80.6 cm³/mol. The minimum Gasteiger partial charge on any atom is -0.497 e. The van der Waals surface area contributed by atoms with Gasteiger partial charge >= 0.3 is 0 Å². The summed E-state index contributed by atoms with van der Waals surface area (Å²) in [6, 6.07) is 8.55. The highest BCUT2D eigenvalue weighted by molar-refractivity contribution is 9.09. The van der Waals surface area contributed by atoms with E-state index in [0.29, 0.717) is 0 Å². The van der Waals surface area contributed by atoms with Crippen molar-refractivity contribution in [1.82, 2.24) is 0 Å². The summed E-state index contributed by atoms with van der Waals surface area (Å²) in [6.07, 6.45) is 8.33. The summed E-state index contributed by atoms with van der Waals surface area (Å²) in [4.78, 5) is 0. The average molecular weight is 311 g/mol. The normalized spacial score (nSPS) is 18.6. The molecule has 2 heteroatoms. The van der Waals surface area contributed by atoms with Crippen LogP contribution in [0.15, 0.2) is 24.3 Å². The maximum Gasteiger partial charge on any atom is 0.118 e. The second-order valence-electron chi connectivity index (χ2n) is 5.36. The fourth-order valence-corrected chi connectivity index (χ4v) is 3.77. The van der Waals surface area contributed by atoms with Crippen molar-refractivity contribution in [2.45, 2.75) is 38.5 Å². The highest BCUT2D eigenvalue weighted by Gasteiger charge is 2.22. The molecule has 0 aromatic heterocycles. The summed E-state index contributed by atoms with van der Waals surface area (Å²) in [7, 11) is 1.72. The topological polar surface area (TPSA) is 9.23 Å².